The second-order valence-electron chi connectivity index (χ2n) is 6.95. The summed E-state index contributed by atoms with van der Waals surface area (Å²) in [5.41, 5.74) is 2.04. The van der Waals surface area contributed by atoms with Crippen LogP contribution in [0.2, 0.25) is 0 Å². The molecule has 0 fully saturated rings. The summed E-state index contributed by atoms with van der Waals surface area (Å²) >= 11 is 0. The molecule has 5 rings (SSSR count). The van der Waals surface area contributed by atoms with Gasteiger partial charge >= 0.3 is 17.9 Å². The van der Waals surface area contributed by atoms with E-state index in [0.29, 0.717) is 44.4 Å². The van der Waals surface area contributed by atoms with Crippen LogP contribution in [0.1, 0.15) is 11.1 Å². The monoisotopic (exact) mass is 414 g/mol. The van der Waals surface area contributed by atoms with Crippen LogP contribution < -0.4 is 24.6 Å². The fraction of sp³-hybridized carbons (Fsp3) is 0.0417. The average molecular weight is 414 g/mol. The number of hydrogen-bond acceptors (Lipinski definition) is 6. The molecule has 0 atom stereocenters. The van der Waals surface area contributed by atoms with Gasteiger partial charge < -0.3 is 19.3 Å². The minimum absolute atomic E-state index is 0.326. The van der Waals surface area contributed by atoms with Gasteiger partial charge in [0.2, 0.25) is 0 Å². The molecule has 3 aromatic carbocycles. The Balaban J connectivity index is 1.62. The molecule has 7 nitrogen and oxygen atoms in total. The molecule has 0 spiro atoms. The van der Waals surface area contributed by atoms with Crippen molar-refractivity contribution < 1.29 is 33.7 Å². The predicted octanol–water partition coefficient (Wildman–Crippen LogP) is 1.39. The Labute approximate surface area is 175 Å². The first kappa shape index (κ1) is 18.6. The maximum Gasteiger partial charge on any atom is 0.344 e. The summed E-state index contributed by atoms with van der Waals surface area (Å²) in [7, 11) is 0. The molecule has 0 aliphatic carbocycles. The minimum Gasteiger partial charge on any atom is -0.482 e. The zero-order chi connectivity index (χ0) is 21.5. The third-order valence-electron chi connectivity index (χ3n) is 5.00. The van der Waals surface area contributed by atoms with Gasteiger partial charge in [0.1, 0.15) is 17.2 Å². The highest BCUT2D eigenvalue weighted by Crippen LogP contribution is 2.27. The van der Waals surface area contributed by atoms with E-state index < -0.39 is 24.5 Å². The van der Waals surface area contributed by atoms with Crippen molar-refractivity contribution in [2.45, 2.75) is 0 Å². The van der Waals surface area contributed by atoms with Crippen LogP contribution in [-0.2, 0) is 14.4 Å². The van der Waals surface area contributed by atoms with Crippen molar-refractivity contribution in [3.8, 4) is 17.2 Å². The standard InChI is InChI=1S/C24H14O7/c25-20(26)12-29-15-8-6-14(7-9-15)22-17-11-18-16(10-19(17)31-24(22)28)21(23(27)30-18)13-4-2-1-3-5-13/h1-11H,12H2,(H,25,26). The summed E-state index contributed by atoms with van der Waals surface area (Å²) < 4.78 is 16.0. The quantitative estimate of drug-likeness (QED) is 0.498. The van der Waals surface area contributed by atoms with Crippen LogP contribution in [0.3, 0.4) is 0 Å². The van der Waals surface area contributed by atoms with Crippen LogP contribution in [-0.4, -0.2) is 29.6 Å². The lowest BCUT2D eigenvalue weighted by atomic mass is 10.0. The lowest BCUT2D eigenvalue weighted by Gasteiger charge is -2.04. The van der Waals surface area contributed by atoms with Gasteiger partial charge in [0.15, 0.2) is 6.61 Å². The van der Waals surface area contributed by atoms with Crippen LogP contribution >= 0.6 is 0 Å². The van der Waals surface area contributed by atoms with Crippen molar-refractivity contribution in [1.29, 1.82) is 0 Å². The van der Waals surface area contributed by atoms with Crippen molar-refractivity contribution in [2.75, 3.05) is 6.61 Å². The summed E-state index contributed by atoms with van der Waals surface area (Å²) in [5.74, 6) is -0.996. The number of carbonyl (C=O) groups excluding carboxylic acids is 2. The number of carbonyl (C=O) groups is 3. The highest BCUT2D eigenvalue weighted by molar-refractivity contribution is 6.21. The van der Waals surface area contributed by atoms with Crippen LogP contribution in [0, 0.1) is 0 Å². The number of carboxylic acid groups (broad SMARTS) is 1. The minimum atomic E-state index is -1.08. The Morgan fingerprint density at radius 1 is 0.774 bits per heavy atom. The van der Waals surface area contributed by atoms with E-state index in [0.717, 1.165) is 5.56 Å². The molecule has 2 heterocycles. The number of benzene rings is 3. The molecule has 152 valence electrons. The normalized spacial score (nSPS) is 14.1. The van der Waals surface area contributed by atoms with Gasteiger partial charge in [-0.25, -0.2) is 14.4 Å². The molecular weight excluding hydrogens is 400 g/mol. The number of fused-ring (bicyclic) bond motifs is 2. The highest BCUT2D eigenvalue weighted by Gasteiger charge is 2.30. The number of hydrogen-bond donors (Lipinski definition) is 1. The molecule has 1 N–H and O–H groups in total. The molecule has 3 aromatic rings. The second-order valence-corrected chi connectivity index (χ2v) is 6.95. The SMILES string of the molecule is O=C(O)COc1ccc(C2=c3cc4c(cc3OC2=O)=C(c2ccccc2)C(=O)O4)cc1. The molecule has 0 radical (unpaired) electrons. The smallest absolute Gasteiger partial charge is 0.344 e. The average Bonchev–Trinajstić information content (AvgIpc) is 3.25. The van der Waals surface area contributed by atoms with E-state index in [4.69, 9.17) is 19.3 Å². The Bertz CT molecular complexity index is 1370. The highest BCUT2D eigenvalue weighted by atomic mass is 16.5. The van der Waals surface area contributed by atoms with E-state index in [1.54, 1.807) is 36.4 Å². The lowest BCUT2D eigenvalue weighted by Crippen LogP contribution is -2.11. The maximum atomic E-state index is 12.6. The van der Waals surface area contributed by atoms with Gasteiger partial charge in [0.05, 0.1) is 11.1 Å². The maximum absolute atomic E-state index is 12.6. The van der Waals surface area contributed by atoms with Gasteiger partial charge in [-0.2, -0.15) is 0 Å². The summed E-state index contributed by atoms with van der Waals surface area (Å²) in [6.07, 6.45) is 0. The zero-order valence-electron chi connectivity index (χ0n) is 16.0. The molecule has 0 unspecified atom stereocenters. The summed E-state index contributed by atoms with van der Waals surface area (Å²) in [6, 6.07) is 18.9. The third-order valence-corrected chi connectivity index (χ3v) is 5.00. The van der Waals surface area contributed by atoms with Crippen molar-refractivity contribution in [3.63, 3.8) is 0 Å². The van der Waals surface area contributed by atoms with E-state index in [1.165, 1.54) is 0 Å². The Morgan fingerprint density at radius 3 is 1.81 bits per heavy atom. The lowest BCUT2D eigenvalue weighted by molar-refractivity contribution is -0.139. The number of ether oxygens (including phenoxy) is 3. The van der Waals surface area contributed by atoms with Crippen molar-refractivity contribution in [3.05, 3.63) is 88.3 Å². The van der Waals surface area contributed by atoms with Crippen LogP contribution in [0.15, 0.2) is 66.7 Å². The molecule has 0 aromatic heterocycles. The van der Waals surface area contributed by atoms with Gasteiger partial charge in [-0.05, 0) is 35.4 Å². The molecule has 2 aliphatic heterocycles. The number of carboxylic acids is 1. The van der Waals surface area contributed by atoms with E-state index >= 15 is 0 Å². The number of rotatable bonds is 5. The van der Waals surface area contributed by atoms with Gasteiger partial charge in [0, 0.05) is 10.4 Å². The first-order valence-electron chi connectivity index (χ1n) is 9.39. The Kier molecular flexibility index (Phi) is 4.29. The van der Waals surface area contributed by atoms with Gasteiger partial charge in [0.25, 0.3) is 0 Å². The molecule has 0 amide bonds. The van der Waals surface area contributed by atoms with Crippen LogP contribution in [0.4, 0.5) is 0 Å². The molecule has 0 bridgehead atoms. The van der Waals surface area contributed by atoms with E-state index in [1.807, 2.05) is 30.3 Å². The van der Waals surface area contributed by atoms with Gasteiger partial charge in [-0.15, -0.1) is 0 Å². The van der Waals surface area contributed by atoms with E-state index in [9.17, 15) is 14.4 Å². The zero-order valence-corrected chi connectivity index (χ0v) is 16.0. The summed E-state index contributed by atoms with van der Waals surface area (Å²) in [6.45, 7) is -0.460. The molecular formula is C24H14O7. The van der Waals surface area contributed by atoms with Crippen molar-refractivity contribution in [2.24, 2.45) is 0 Å². The van der Waals surface area contributed by atoms with Gasteiger partial charge in [-0.3, -0.25) is 0 Å². The third kappa shape index (κ3) is 3.22. The number of esters is 2. The van der Waals surface area contributed by atoms with Crippen LogP contribution in [0.5, 0.6) is 17.2 Å². The Hall–Kier alpha value is -4.39. The summed E-state index contributed by atoms with van der Waals surface area (Å²) in [5, 5.41) is 9.79. The van der Waals surface area contributed by atoms with Crippen molar-refractivity contribution >= 4 is 29.1 Å². The molecule has 0 saturated carbocycles. The molecule has 7 heteroatoms. The molecule has 31 heavy (non-hydrogen) atoms. The second kappa shape index (κ2) is 7.14. The fourth-order valence-electron chi connectivity index (χ4n) is 3.66. The van der Waals surface area contributed by atoms with E-state index in [-0.39, 0.29) is 0 Å². The summed E-state index contributed by atoms with van der Waals surface area (Å²) in [4.78, 5) is 35.7. The van der Waals surface area contributed by atoms with Crippen LogP contribution in [0.25, 0.3) is 11.1 Å². The van der Waals surface area contributed by atoms with Gasteiger partial charge in [-0.1, -0.05) is 42.5 Å². The topological polar surface area (TPSA) is 99.1 Å². The first-order chi connectivity index (χ1) is 15.0. The number of aliphatic carboxylic acids is 1. The molecule has 0 saturated heterocycles. The molecule has 2 aliphatic rings. The largest absolute Gasteiger partial charge is 0.482 e. The van der Waals surface area contributed by atoms with E-state index in [2.05, 4.69) is 0 Å². The van der Waals surface area contributed by atoms with Crippen molar-refractivity contribution in [1.82, 2.24) is 0 Å². The Morgan fingerprint density at radius 2 is 1.29 bits per heavy atom. The predicted molar refractivity (Wildman–Crippen MR) is 108 cm³/mol. The fourth-order valence-corrected chi connectivity index (χ4v) is 3.66. The first-order valence-corrected chi connectivity index (χ1v) is 9.39.